The predicted octanol–water partition coefficient (Wildman–Crippen LogP) is 2.42. The number of rotatable bonds is 4. The Kier molecular flexibility index (Phi) is 4.72. The zero-order chi connectivity index (χ0) is 13.0. The summed E-state index contributed by atoms with van der Waals surface area (Å²) in [4.78, 5) is 6.60. The van der Waals surface area contributed by atoms with Gasteiger partial charge < -0.3 is 5.73 Å². The molecule has 2 rings (SSSR count). The smallest absolute Gasteiger partial charge is 0.0271 e. The van der Waals surface area contributed by atoms with Crippen LogP contribution in [0.2, 0.25) is 0 Å². The lowest BCUT2D eigenvalue weighted by molar-refractivity contribution is 0.115. The fraction of sp³-hybridized carbons (Fsp3) is 0.667. The van der Waals surface area contributed by atoms with Gasteiger partial charge in [0.15, 0.2) is 0 Å². The fourth-order valence-corrected chi connectivity index (χ4v) is 2.98. The van der Waals surface area contributed by atoms with Crippen LogP contribution in [0.4, 0.5) is 0 Å². The van der Waals surface area contributed by atoms with Crippen molar-refractivity contribution in [2.75, 3.05) is 6.54 Å². The van der Waals surface area contributed by atoms with E-state index in [1.807, 2.05) is 12.4 Å². The van der Waals surface area contributed by atoms with Gasteiger partial charge in [-0.15, -0.1) is 0 Å². The van der Waals surface area contributed by atoms with E-state index in [-0.39, 0.29) is 0 Å². The van der Waals surface area contributed by atoms with Crippen molar-refractivity contribution >= 4 is 0 Å². The van der Waals surface area contributed by atoms with Crippen molar-refractivity contribution in [3.8, 4) is 0 Å². The van der Waals surface area contributed by atoms with Crippen LogP contribution in [0.15, 0.2) is 24.5 Å². The minimum Gasteiger partial charge on any atom is -0.326 e. The molecule has 0 aliphatic heterocycles. The molecule has 100 valence electrons. The van der Waals surface area contributed by atoms with Crippen molar-refractivity contribution in [2.45, 2.75) is 51.7 Å². The van der Waals surface area contributed by atoms with E-state index in [4.69, 9.17) is 5.73 Å². The van der Waals surface area contributed by atoms with E-state index in [1.165, 1.54) is 24.8 Å². The number of nitrogens with two attached hydrogens (primary N) is 1. The molecule has 1 heterocycles. The average Bonchev–Trinajstić information content (AvgIpc) is 2.40. The molecule has 1 fully saturated rings. The summed E-state index contributed by atoms with van der Waals surface area (Å²) in [6, 6.07) is 5.07. The van der Waals surface area contributed by atoms with Crippen LogP contribution in [0, 0.1) is 5.92 Å². The number of hydrogen-bond acceptors (Lipinski definition) is 3. The average molecular weight is 247 g/mol. The highest BCUT2D eigenvalue weighted by molar-refractivity contribution is 5.10. The molecular formula is C15H25N3. The van der Waals surface area contributed by atoms with Gasteiger partial charge >= 0.3 is 0 Å². The van der Waals surface area contributed by atoms with Crippen LogP contribution in [0.1, 0.15) is 38.7 Å². The maximum atomic E-state index is 6.32. The lowest BCUT2D eigenvalue weighted by atomic mass is 9.83. The Hall–Kier alpha value is -0.930. The molecule has 2 N–H and O–H groups in total. The fourth-order valence-electron chi connectivity index (χ4n) is 2.98. The molecule has 18 heavy (non-hydrogen) atoms. The molecule has 0 bridgehead atoms. The normalized spacial score (nSPS) is 28.6. The first-order valence-corrected chi connectivity index (χ1v) is 7.09. The first-order chi connectivity index (χ1) is 8.70. The third-order valence-corrected chi connectivity index (χ3v) is 4.14. The molecule has 1 aliphatic rings. The van der Waals surface area contributed by atoms with Gasteiger partial charge in [0.25, 0.3) is 0 Å². The summed E-state index contributed by atoms with van der Waals surface area (Å²) in [6.45, 7) is 6.63. The van der Waals surface area contributed by atoms with Gasteiger partial charge in [-0.1, -0.05) is 13.8 Å². The van der Waals surface area contributed by atoms with Gasteiger partial charge in [-0.25, -0.2) is 0 Å². The Balaban J connectivity index is 2.03. The van der Waals surface area contributed by atoms with Crippen LogP contribution in [0.3, 0.4) is 0 Å². The standard InChI is InChI=1S/C15H25N3/c1-3-18(11-13-6-8-17-9-7-13)15-10-12(2)4-5-14(15)16/h6-9,12,14-15H,3-5,10-11,16H2,1-2H3. The van der Waals surface area contributed by atoms with Gasteiger partial charge in [-0.2, -0.15) is 0 Å². The van der Waals surface area contributed by atoms with E-state index in [1.54, 1.807) is 0 Å². The molecule has 0 amide bonds. The van der Waals surface area contributed by atoms with Gasteiger partial charge in [-0.3, -0.25) is 9.88 Å². The lowest BCUT2D eigenvalue weighted by Crippen LogP contribution is -2.50. The maximum absolute atomic E-state index is 6.32. The number of likely N-dealkylation sites (N-methyl/N-ethyl adjacent to an activating group) is 1. The predicted molar refractivity (Wildman–Crippen MR) is 75.1 cm³/mol. The number of pyridine rings is 1. The van der Waals surface area contributed by atoms with E-state index in [0.717, 1.165) is 19.0 Å². The highest BCUT2D eigenvalue weighted by Crippen LogP contribution is 2.27. The lowest BCUT2D eigenvalue weighted by Gasteiger charge is -2.40. The zero-order valence-corrected chi connectivity index (χ0v) is 11.5. The van der Waals surface area contributed by atoms with Gasteiger partial charge in [0.1, 0.15) is 0 Å². The van der Waals surface area contributed by atoms with E-state index >= 15 is 0 Å². The first-order valence-electron chi connectivity index (χ1n) is 7.09. The van der Waals surface area contributed by atoms with Crippen molar-refractivity contribution in [3.05, 3.63) is 30.1 Å². The number of nitrogens with zero attached hydrogens (tertiary/aromatic N) is 2. The summed E-state index contributed by atoms with van der Waals surface area (Å²) in [7, 11) is 0. The zero-order valence-electron chi connectivity index (χ0n) is 11.5. The largest absolute Gasteiger partial charge is 0.326 e. The van der Waals surface area contributed by atoms with E-state index < -0.39 is 0 Å². The molecule has 1 aromatic rings. The van der Waals surface area contributed by atoms with E-state index in [0.29, 0.717) is 12.1 Å². The van der Waals surface area contributed by atoms with Crippen LogP contribution in [-0.4, -0.2) is 28.5 Å². The van der Waals surface area contributed by atoms with Crippen LogP contribution < -0.4 is 5.73 Å². The topological polar surface area (TPSA) is 42.2 Å². The maximum Gasteiger partial charge on any atom is 0.0271 e. The summed E-state index contributed by atoms with van der Waals surface area (Å²) in [5, 5.41) is 0. The summed E-state index contributed by atoms with van der Waals surface area (Å²) in [5.74, 6) is 0.807. The molecule has 3 nitrogen and oxygen atoms in total. The van der Waals surface area contributed by atoms with Crippen LogP contribution in [0.25, 0.3) is 0 Å². The minimum atomic E-state index is 0.336. The first kappa shape index (κ1) is 13.5. The summed E-state index contributed by atoms with van der Waals surface area (Å²) in [5.41, 5.74) is 7.65. The molecule has 0 aromatic carbocycles. The third-order valence-electron chi connectivity index (χ3n) is 4.14. The Morgan fingerprint density at radius 2 is 2.06 bits per heavy atom. The third kappa shape index (κ3) is 3.30. The molecule has 0 saturated heterocycles. The minimum absolute atomic E-state index is 0.336. The molecular weight excluding hydrogens is 222 g/mol. The SMILES string of the molecule is CCN(Cc1ccncc1)C1CC(C)CCC1N. The van der Waals surface area contributed by atoms with Crippen LogP contribution in [-0.2, 0) is 6.54 Å². The molecule has 3 atom stereocenters. The molecule has 0 radical (unpaired) electrons. The van der Waals surface area contributed by atoms with Crippen molar-refractivity contribution in [3.63, 3.8) is 0 Å². The van der Waals surface area contributed by atoms with E-state index in [2.05, 4.69) is 35.9 Å². The monoisotopic (exact) mass is 247 g/mol. The quantitative estimate of drug-likeness (QED) is 0.888. The second-order valence-corrected chi connectivity index (χ2v) is 5.57. The Labute approximate surface area is 110 Å². The highest BCUT2D eigenvalue weighted by atomic mass is 15.2. The van der Waals surface area contributed by atoms with Crippen LogP contribution >= 0.6 is 0 Å². The Bertz CT molecular complexity index is 352. The Morgan fingerprint density at radius 1 is 1.33 bits per heavy atom. The molecule has 1 aliphatic carbocycles. The summed E-state index contributed by atoms with van der Waals surface area (Å²) < 4.78 is 0. The highest BCUT2D eigenvalue weighted by Gasteiger charge is 2.29. The van der Waals surface area contributed by atoms with Crippen molar-refractivity contribution in [1.82, 2.24) is 9.88 Å². The number of aromatic nitrogens is 1. The van der Waals surface area contributed by atoms with Crippen molar-refractivity contribution in [1.29, 1.82) is 0 Å². The van der Waals surface area contributed by atoms with Crippen molar-refractivity contribution < 1.29 is 0 Å². The second kappa shape index (κ2) is 6.30. The second-order valence-electron chi connectivity index (χ2n) is 5.57. The molecule has 1 saturated carbocycles. The molecule has 3 unspecified atom stereocenters. The van der Waals surface area contributed by atoms with Crippen LogP contribution in [0.5, 0.6) is 0 Å². The van der Waals surface area contributed by atoms with Gasteiger partial charge in [0.2, 0.25) is 0 Å². The van der Waals surface area contributed by atoms with Gasteiger partial charge in [0.05, 0.1) is 0 Å². The number of hydrogen-bond donors (Lipinski definition) is 1. The van der Waals surface area contributed by atoms with Crippen molar-refractivity contribution in [2.24, 2.45) is 11.7 Å². The molecule has 3 heteroatoms. The van der Waals surface area contributed by atoms with E-state index in [9.17, 15) is 0 Å². The van der Waals surface area contributed by atoms with Gasteiger partial charge in [0, 0.05) is 31.0 Å². The Morgan fingerprint density at radius 3 is 2.72 bits per heavy atom. The molecule has 1 aromatic heterocycles. The summed E-state index contributed by atoms with van der Waals surface area (Å²) in [6.07, 6.45) is 7.42. The van der Waals surface area contributed by atoms with Gasteiger partial charge in [-0.05, 0) is 49.4 Å². The summed E-state index contributed by atoms with van der Waals surface area (Å²) >= 11 is 0. The molecule has 0 spiro atoms.